The van der Waals surface area contributed by atoms with E-state index < -0.39 is 0 Å². The van der Waals surface area contributed by atoms with Gasteiger partial charge < -0.3 is 10.6 Å². The van der Waals surface area contributed by atoms with Gasteiger partial charge in [-0.2, -0.15) is 5.26 Å². The third-order valence-corrected chi connectivity index (χ3v) is 2.38. The van der Waals surface area contributed by atoms with E-state index in [1.165, 1.54) is 0 Å². The number of hydrogen-bond acceptors (Lipinski definition) is 3. The smallest absolute Gasteiger partial charge is 0.239 e. The maximum atomic E-state index is 11.4. The highest BCUT2D eigenvalue weighted by atomic mass is 16.1. The van der Waals surface area contributed by atoms with Crippen LogP contribution in [-0.2, 0) is 4.79 Å². The largest absolute Gasteiger partial charge is 0.376 e. The summed E-state index contributed by atoms with van der Waals surface area (Å²) in [5.74, 6) is -0.0337. The molecule has 0 heterocycles. The number of nitrogens with zero attached hydrogens (tertiary/aromatic N) is 1. The lowest BCUT2D eigenvalue weighted by atomic mass is 10.1. The monoisotopic (exact) mass is 231 g/mol. The van der Waals surface area contributed by atoms with Crippen molar-refractivity contribution in [1.29, 1.82) is 5.26 Å². The van der Waals surface area contributed by atoms with Crippen LogP contribution in [0.2, 0.25) is 0 Å². The van der Waals surface area contributed by atoms with E-state index in [1.54, 1.807) is 12.1 Å². The minimum atomic E-state index is -0.0337. The van der Waals surface area contributed by atoms with Crippen LogP contribution < -0.4 is 10.6 Å². The summed E-state index contributed by atoms with van der Waals surface area (Å²) in [6.07, 6.45) is 0.925. The van der Waals surface area contributed by atoms with Crippen LogP contribution in [-0.4, -0.2) is 19.0 Å². The van der Waals surface area contributed by atoms with E-state index in [4.69, 9.17) is 5.26 Å². The molecule has 0 fully saturated rings. The molecule has 0 spiro atoms. The molecule has 4 heteroatoms. The molecule has 0 saturated carbocycles. The fourth-order valence-corrected chi connectivity index (χ4v) is 1.38. The Bertz CT molecular complexity index is 435. The van der Waals surface area contributed by atoms with Crippen LogP contribution in [0.1, 0.15) is 24.5 Å². The molecular weight excluding hydrogens is 214 g/mol. The SMILES string of the molecule is CCCNC(=O)CNc1cc(C#N)ccc1C. The first-order valence-corrected chi connectivity index (χ1v) is 5.68. The second-order valence-corrected chi connectivity index (χ2v) is 3.85. The molecule has 17 heavy (non-hydrogen) atoms. The van der Waals surface area contributed by atoms with Crippen molar-refractivity contribution in [1.82, 2.24) is 5.32 Å². The van der Waals surface area contributed by atoms with Crippen LogP contribution in [0.25, 0.3) is 0 Å². The van der Waals surface area contributed by atoms with E-state index in [0.29, 0.717) is 12.1 Å². The number of aryl methyl sites for hydroxylation is 1. The lowest BCUT2D eigenvalue weighted by Crippen LogP contribution is -2.30. The van der Waals surface area contributed by atoms with Crippen LogP contribution in [0.5, 0.6) is 0 Å². The molecule has 0 saturated heterocycles. The van der Waals surface area contributed by atoms with Crippen molar-refractivity contribution in [2.75, 3.05) is 18.4 Å². The number of benzene rings is 1. The Morgan fingerprint density at radius 2 is 2.24 bits per heavy atom. The van der Waals surface area contributed by atoms with E-state index in [2.05, 4.69) is 16.7 Å². The van der Waals surface area contributed by atoms with Gasteiger partial charge in [-0.05, 0) is 31.0 Å². The third-order valence-electron chi connectivity index (χ3n) is 2.38. The highest BCUT2D eigenvalue weighted by Gasteiger charge is 2.03. The zero-order chi connectivity index (χ0) is 12.7. The highest BCUT2D eigenvalue weighted by Crippen LogP contribution is 2.15. The van der Waals surface area contributed by atoms with Crippen LogP contribution in [0.3, 0.4) is 0 Å². The molecular formula is C13H17N3O. The van der Waals surface area contributed by atoms with Crippen molar-refractivity contribution in [2.24, 2.45) is 0 Å². The van der Waals surface area contributed by atoms with E-state index in [1.807, 2.05) is 19.9 Å². The minimum Gasteiger partial charge on any atom is -0.376 e. The van der Waals surface area contributed by atoms with Gasteiger partial charge in [0.15, 0.2) is 0 Å². The molecule has 1 aromatic carbocycles. The molecule has 0 atom stereocenters. The molecule has 1 rings (SSSR count). The van der Waals surface area contributed by atoms with Crippen molar-refractivity contribution < 1.29 is 4.79 Å². The van der Waals surface area contributed by atoms with Gasteiger partial charge in [0.1, 0.15) is 0 Å². The molecule has 0 aliphatic carbocycles. The Hall–Kier alpha value is -2.02. The van der Waals surface area contributed by atoms with Crippen molar-refractivity contribution in [3.8, 4) is 6.07 Å². The predicted octanol–water partition coefficient (Wildman–Crippen LogP) is 1.80. The van der Waals surface area contributed by atoms with E-state index in [-0.39, 0.29) is 12.5 Å². The number of nitrogens with one attached hydrogen (secondary N) is 2. The molecule has 0 aliphatic heterocycles. The fourth-order valence-electron chi connectivity index (χ4n) is 1.38. The first kappa shape index (κ1) is 13.0. The predicted molar refractivity (Wildman–Crippen MR) is 67.7 cm³/mol. The van der Waals surface area contributed by atoms with Gasteiger partial charge in [0, 0.05) is 12.2 Å². The number of carbonyl (C=O) groups excluding carboxylic acids is 1. The molecule has 1 amide bonds. The van der Waals surface area contributed by atoms with Gasteiger partial charge >= 0.3 is 0 Å². The van der Waals surface area contributed by atoms with Gasteiger partial charge in [0.05, 0.1) is 18.2 Å². The molecule has 1 aromatic rings. The first-order chi connectivity index (χ1) is 8.17. The fraction of sp³-hybridized carbons (Fsp3) is 0.385. The van der Waals surface area contributed by atoms with Gasteiger partial charge in [0.25, 0.3) is 0 Å². The Labute approximate surface area is 102 Å². The third kappa shape index (κ3) is 4.15. The lowest BCUT2D eigenvalue weighted by molar-refractivity contribution is -0.119. The summed E-state index contributed by atoms with van der Waals surface area (Å²) in [6.45, 7) is 4.87. The second-order valence-electron chi connectivity index (χ2n) is 3.85. The van der Waals surface area contributed by atoms with Crippen molar-refractivity contribution in [3.05, 3.63) is 29.3 Å². The standard InChI is InChI=1S/C13H17N3O/c1-3-6-15-13(17)9-16-12-7-11(8-14)5-4-10(12)2/h4-5,7,16H,3,6,9H2,1-2H3,(H,15,17). The second kappa shape index (κ2) is 6.54. The Kier molecular flexibility index (Phi) is 5.02. The summed E-state index contributed by atoms with van der Waals surface area (Å²) in [7, 11) is 0. The Morgan fingerprint density at radius 3 is 2.88 bits per heavy atom. The number of hydrogen-bond donors (Lipinski definition) is 2. The maximum Gasteiger partial charge on any atom is 0.239 e. The Balaban J connectivity index is 2.57. The number of anilines is 1. The number of carbonyl (C=O) groups is 1. The van der Waals surface area contributed by atoms with Crippen molar-refractivity contribution in [3.63, 3.8) is 0 Å². The average molecular weight is 231 g/mol. The lowest BCUT2D eigenvalue weighted by Gasteiger charge is -2.09. The number of nitriles is 1. The van der Waals surface area contributed by atoms with Gasteiger partial charge in [0.2, 0.25) is 5.91 Å². The molecule has 0 aromatic heterocycles. The van der Waals surface area contributed by atoms with Crippen molar-refractivity contribution >= 4 is 11.6 Å². The van der Waals surface area contributed by atoms with Crippen LogP contribution >= 0.6 is 0 Å². The zero-order valence-corrected chi connectivity index (χ0v) is 10.2. The summed E-state index contributed by atoms with van der Waals surface area (Å²) in [5, 5.41) is 14.6. The zero-order valence-electron chi connectivity index (χ0n) is 10.2. The minimum absolute atomic E-state index is 0.0337. The maximum absolute atomic E-state index is 11.4. The molecule has 0 aliphatic rings. The summed E-state index contributed by atoms with van der Waals surface area (Å²) in [6, 6.07) is 7.46. The quantitative estimate of drug-likeness (QED) is 0.812. The molecule has 2 N–H and O–H groups in total. The summed E-state index contributed by atoms with van der Waals surface area (Å²) in [5.41, 5.74) is 2.44. The van der Waals surface area contributed by atoms with E-state index in [0.717, 1.165) is 17.7 Å². The van der Waals surface area contributed by atoms with Gasteiger partial charge in [-0.3, -0.25) is 4.79 Å². The molecule has 4 nitrogen and oxygen atoms in total. The highest BCUT2D eigenvalue weighted by molar-refractivity contribution is 5.81. The summed E-state index contributed by atoms with van der Waals surface area (Å²) >= 11 is 0. The van der Waals surface area contributed by atoms with E-state index >= 15 is 0 Å². The average Bonchev–Trinajstić information content (AvgIpc) is 2.35. The first-order valence-electron chi connectivity index (χ1n) is 5.68. The normalized spacial score (nSPS) is 9.47. The Morgan fingerprint density at radius 1 is 1.47 bits per heavy atom. The van der Waals surface area contributed by atoms with E-state index in [9.17, 15) is 4.79 Å². The molecule has 0 radical (unpaired) electrons. The molecule has 0 bridgehead atoms. The molecule has 0 unspecified atom stereocenters. The topological polar surface area (TPSA) is 64.9 Å². The molecule has 90 valence electrons. The summed E-state index contributed by atoms with van der Waals surface area (Å²) in [4.78, 5) is 11.4. The van der Waals surface area contributed by atoms with Crippen molar-refractivity contribution in [2.45, 2.75) is 20.3 Å². The van der Waals surface area contributed by atoms with Gasteiger partial charge in [-0.15, -0.1) is 0 Å². The van der Waals surface area contributed by atoms with Gasteiger partial charge in [-0.25, -0.2) is 0 Å². The number of amides is 1. The van der Waals surface area contributed by atoms with Crippen LogP contribution in [0.4, 0.5) is 5.69 Å². The van der Waals surface area contributed by atoms with Gasteiger partial charge in [-0.1, -0.05) is 13.0 Å². The summed E-state index contributed by atoms with van der Waals surface area (Å²) < 4.78 is 0. The van der Waals surface area contributed by atoms with Crippen LogP contribution in [0.15, 0.2) is 18.2 Å². The van der Waals surface area contributed by atoms with Crippen LogP contribution in [0, 0.1) is 18.3 Å². The number of rotatable bonds is 5.